The third-order valence-corrected chi connectivity index (χ3v) is 10.8. The van der Waals surface area contributed by atoms with E-state index in [2.05, 4.69) is 26.9 Å². The first-order valence-corrected chi connectivity index (χ1v) is 16.3. The van der Waals surface area contributed by atoms with Crippen molar-refractivity contribution in [1.29, 1.82) is 0 Å². The molecule has 1 aromatic heterocycles. The van der Waals surface area contributed by atoms with Crippen molar-refractivity contribution in [3.8, 4) is 0 Å². The smallest absolute Gasteiger partial charge is 0.258 e. The van der Waals surface area contributed by atoms with E-state index in [0.717, 1.165) is 66.2 Å². The minimum atomic E-state index is -0.606. The van der Waals surface area contributed by atoms with Crippen molar-refractivity contribution in [1.82, 2.24) is 10.2 Å². The zero-order chi connectivity index (χ0) is 30.7. The van der Waals surface area contributed by atoms with Crippen LogP contribution in [0.1, 0.15) is 77.9 Å². The van der Waals surface area contributed by atoms with Crippen molar-refractivity contribution in [3.63, 3.8) is 0 Å². The second-order valence-electron chi connectivity index (χ2n) is 14.0. The van der Waals surface area contributed by atoms with Crippen LogP contribution in [-0.2, 0) is 11.2 Å². The maximum absolute atomic E-state index is 14.1. The number of para-hydroxylation sites is 1. The van der Waals surface area contributed by atoms with Crippen LogP contribution < -0.4 is 16.4 Å². The van der Waals surface area contributed by atoms with Crippen molar-refractivity contribution < 1.29 is 18.3 Å². The van der Waals surface area contributed by atoms with Crippen molar-refractivity contribution in [2.24, 2.45) is 23.5 Å². The van der Waals surface area contributed by atoms with E-state index in [0.29, 0.717) is 54.3 Å². The molecule has 1 aliphatic heterocycles. The Balaban J connectivity index is 0.00000338. The number of carbonyl (C=O) groups is 1. The summed E-state index contributed by atoms with van der Waals surface area (Å²) in [6, 6.07) is 15.6. The van der Waals surface area contributed by atoms with Gasteiger partial charge in [-0.1, -0.05) is 18.2 Å². The molecule has 4 bridgehead atoms. The van der Waals surface area contributed by atoms with Crippen LogP contribution in [0.15, 0.2) is 54.6 Å². The first-order chi connectivity index (χ1) is 21.8. The Kier molecular flexibility index (Phi) is 8.28. The second kappa shape index (κ2) is 12.2. The highest BCUT2D eigenvalue weighted by Crippen LogP contribution is 2.61. The van der Waals surface area contributed by atoms with Gasteiger partial charge in [0.15, 0.2) is 5.82 Å². The predicted molar refractivity (Wildman–Crippen MR) is 178 cm³/mol. The zero-order valence-corrected chi connectivity index (χ0v) is 26.5. The van der Waals surface area contributed by atoms with Crippen LogP contribution in [0, 0.1) is 29.4 Å². The van der Waals surface area contributed by atoms with Gasteiger partial charge in [0.05, 0.1) is 16.8 Å². The van der Waals surface area contributed by atoms with Gasteiger partial charge in [-0.3, -0.25) is 9.89 Å². The monoisotopic (exact) mass is 647 g/mol. The Hall–Kier alpha value is -3.53. The molecule has 2 heterocycles. The molecule has 9 rings (SSSR count). The molecular weight excluding hydrogens is 608 g/mol. The summed E-state index contributed by atoms with van der Waals surface area (Å²) in [6.45, 7) is 1.41. The van der Waals surface area contributed by atoms with Crippen LogP contribution in [0.3, 0.4) is 0 Å². The van der Waals surface area contributed by atoms with Gasteiger partial charge in [0.25, 0.3) is 5.91 Å². The number of halogens is 3. The Bertz CT molecular complexity index is 1740. The third-order valence-electron chi connectivity index (χ3n) is 10.8. The summed E-state index contributed by atoms with van der Waals surface area (Å²) in [5.41, 5.74) is 11.8. The molecule has 10 heteroatoms. The lowest BCUT2D eigenvalue weighted by Gasteiger charge is -2.59. The first-order valence-electron chi connectivity index (χ1n) is 16.3. The fourth-order valence-corrected chi connectivity index (χ4v) is 9.23. The zero-order valence-electron chi connectivity index (χ0n) is 25.7. The van der Waals surface area contributed by atoms with Crippen LogP contribution in [0.2, 0.25) is 0 Å². The van der Waals surface area contributed by atoms with Crippen molar-refractivity contribution in [2.75, 3.05) is 23.8 Å². The molecule has 4 aromatic rings. The molecule has 0 spiro atoms. The molecule has 3 unspecified atom stereocenters. The number of carbonyl (C=O) groups excluding carboxylic acids is 1. The molecule has 3 aromatic carbocycles. The average Bonchev–Trinajstić information content (AvgIpc) is 3.38. The number of fused-ring (bicyclic) bond motifs is 1. The van der Waals surface area contributed by atoms with Gasteiger partial charge >= 0.3 is 0 Å². The Morgan fingerprint density at radius 1 is 0.978 bits per heavy atom. The highest BCUT2D eigenvalue weighted by atomic mass is 35.5. The lowest BCUT2D eigenvalue weighted by atomic mass is 9.48. The number of hydrogen-bond donors (Lipinski definition) is 4. The van der Waals surface area contributed by atoms with E-state index in [1.54, 1.807) is 0 Å². The number of ether oxygens (including phenoxy) is 1. The van der Waals surface area contributed by atoms with Crippen LogP contribution in [0.25, 0.3) is 10.9 Å². The molecule has 1 amide bonds. The average molecular weight is 648 g/mol. The van der Waals surface area contributed by atoms with E-state index in [4.69, 9.17) is 10.5 Å². The molecule has 5 N–H and O–H groups in total. The summed E-state index contributed by atoms with van der Waals surface area (Å²) in [5, 5.41) is 15.1. The minimum Gasteiger partial charge on any atom is -0.381 e. The van der Waals surface area contributed by atoms with Gasteiger partial charge in [0, 0.05) is 36.2 Å². The molecular formula is C36H40ClF2N5O2. The Morgan fingerprint density at radius 3 is 2.43 bits per heavy atom. The Morgan fingerprint density at radius 2 is 1.72 bits per heavy atom. The molecule has 4 aliphatic carbocycles. The van der Waals surface area contributed by atoms with Crippen LogP contribution in [0.4, 0.5) is 20.3 Å². The van der Waals surface area contributed by atoms with Crippen molar-refractivity contribution in [2.45, 2.75) is 68.9 Å². The molecule has 1 saturated heterocycles. The maximum atomic E-state index is 14.1. The lowest BCUT2D eigenvalue weighted by molar-refractivity contribution is -0.0201. The summed E-state index contributed by atoms with van der Waals surface area (Å²) in [7, 11) is 0. The number of anilines is 2. The van der Waals surface area contributed by atoms with Crippen molar-refractivity contribution >= 4 is 40.7 Å². The number of amides is 1. The van der Waals surface area contributed by atoms with Crippen LogP contribution in [0.5, 0.6) is 0 Å². The number of H-pyrrole nitrogens is 1. The van der Waals surface area contributed by atoms with E-state index in [9.17, 15) is 13.6 Å². The van der Waals surface area contributed by atoms with E-state index in [-0.39, 0.29) is 29.9 Å². The quantitative estimate of drug-likeness (QED) is 0.168. The standard InChI is InChI=1S/C36H39F2N5O2.ClH/c37-25-13-21(14-26(38)16-25)10-20-4-5-31-30(15-20)34(43-42-31)41-35(44)29-3-1-2-28(33(29)40-27-6-8-45-9-7-27)32-23-11-22-12-24(32)19-36(39,17-22)18-23;/h1-5,13-16,22-24,27,32,40H,6-12,17-19,39H2,(H2,41,42,43,44);1H/t22?,23-,24+,32?,36?;. The molecule has 5 atom stereocenters. The number of rotatable bonds is 7. The summed E-state index contributed by atoms with van der Waals surface area (Å²) in [4.78, 5) is 14.1. The highest BCUT2D eigenvalue weighted by molar-refractivity contribution is 6.11. The number of benzene rings is 3. The molecule has 5 fully saturated rings. The predicted octanol–water partition coefficient (Wildman–Crippen LogP) is 7.32. The van der Waals surface area contributed by atoms with Crippen molar-refractivity contribution in [3.05, 3.63) is 88.5 Å². The number of hydrogen-bond acceptors (Lipinski definition) is 5. The van der Waals surface area contributed by atoms with Gasteiger partial charge in [0.2, 0.25) is 0 Å². The number of aromatic amines is 1. The van der Waals surface area contributed by atoms with E-state index in [1.807, 2.05) is 30.3 Å². The summed E-state index contributed by atoms with van der Waals surface area (Å²) in [5.74, 6) is 1.16. The van der Waals surface area contributed by atoms with Gasteiger partial charge < -0.3 is 21.1 Å². The molecule has 7 nitrogen and oxygen atoms in total. The topological polar surface area (TPSA) is 105 Å². The number of nitrogens with one attached hydrogen (secondary N) is 3. The first kappa shape index (κ1) is 31.1. The van der Waals surface area contributed by atoms with E-state index >= 15 is 0 Å². The Labute approximate surface area is 273 Å². The number of nitrogens with two attached hydrogens (primary N) is 1. The highest BCUT2D eigenvalue weighted by Gasteiger charge is 2.54. The van der Waals surface area contributed by atoms with Gasteiger partial charge in [-0.15, -0.1) is 12.4 Å². The maximum Gasteiger partial charge on any atom is 0.258 e. The van der Waals surface area contributed by atoms with E-state index in [1.165, 1.54) is 30.5 Å². The molecule has 4 saturated carbocycles. The minimum absolute atomic E-state index is 0. The number of nitrogens with zero attached hydrogens (tertiary/aromatic N) is 1. The van der Waals surface area contributed by atoms with Gasteiger partial charge in [0.1, 0.15) is 11.6 Å². The van der Waals surface area contributed by atoms with Gasteiger partial charge in [-0.05, 0) is 122 Å². The summed E-state index contributed by atoms with van der Waals surface area (Å²) < 4.78 is 33.3. The molecule has 0 radical (unpaired) electrons. The summed E-state index contributed by atoms with van der Waals surface area (Å²) >= 11 is 0. The van der Waals surface area contributed by atoms with Gasteiger partial charge in [-0.2, -0.15) is 5.10 Å². The molecule has 242 valence electrons. The van der Waals surface area contributed by atoms with E-state index < -0.39 is 11.6 Å². The molecule has 46 heavy (non-hydrogen) atoms. The second-order valence-corrected chi connectivity index (χ2v) is 14.0. The largest absolute Gasteiger partial charge is 0.381 e. The lowest BCUT2D eigenvalue weighted by Crippen LogP contribution is -2.58. The normalized spacial score (nSPS) is 27.0. The third kappa shape index (κ3) is 5.89. The number of aromatic nitrogens is 2. The van der Waals surface area contributed by atoms with Gasteiger partial charge in [-0.25, -0.2) is 8.78 Å². The molecule has 5 aliphatic rings. The van der Waals surface area contributed by atoms with Crippen LogP contribution >= 0.6 is 12.4 Å². The fraction of sp³-hybridized carbons (Fsp3) is 0.444. The van der Waals surface area contributed by atoms with Crippen LogP contribution in [-0.4, -0.2) is 40.9 Å². The summed E-state index contributed by atoms with van der Waals surface area (Å²) in [6.07, 6.45) is 7.84. The fourth-order valence-electron chi connectivity index (χ4n) is 9.23. The SMILES string of the molecule is Cl.NC12CC3C[C@H](C1)C(c1cccc(C(=O)Nc4n[nH]c5ccc(Cc6cc(F)cc(F)c6)cc45)c1NC1CCOCC1)[C@@H](C3)C2.